The van der Waals surface area contributed by atoms with Gasteiger partial charge in [-0.3, -0.25) is 0 Å². The molecule has 0 saturated heterocycles. The van der Waals surface area contributed by atoms with Crippen LogP contribution in [0.4, 0.5) is 0 Å². The first kappa shape index (κ1) is 33.5. The van der Waals surface area contributed by atoms with Gasteiger partial charge in [-0.05, 0) is 93.7 Å². The third-order valence-corrected chi connectivity index (χ3v) is 15.9. The summed E-state index contributed by atoms with van der Waals surface area (Å²) in [6.07, 6.45) is 17.0. The van der Waals surface area contributed by atoms with Crippen LogP contribution in [0, 0.1) is 47.3 Å². The first-order valence-electron chi connectivity index (χ1n) is 16.7. The van der Waals surface area contributed by atoms with Crippen LogP contribution in [0.1, 0.15) is 87.0 Å². The Bertz CT molecular complexity index is 1240. The highest BCUT2D eigenvalue weighted by Gasteiger charge is 2.50. The van der Waals surface area contributed by atoms with Crippen LogP contribution in [-0.2, 0) is 4.43 Å². The number of terminal acetylenes is 1. The van der Waals surface area contributed by atoms with Crippen molar-refractivity contribution in [2.45, 2.75) is 92.0 Å². The highest BCUT2D eigenvalue weighted by Crippen LogP contribution is 2.51. The van der Waals surface area contributed by atoms with Crippen molar-refractivity contribution in [2.24, 2.45) is 35.0 Å². The molecule has 0 unspecified atom stereocenters. The van der Waals surface area contributed by atoms with Crippen molar-refractivity contribution in [3.05, 3.63) is 84.0 Å². The van der Waals surface area contributed by atoms with Crippen LogP contribution in [0.15, 0.2) is 84.0 Å². The van der Waals surface area contributed by atoms with Crippen LogP contribution in [-0.4, -0.2) is 26.6 Å². The van der Waals surface area contributed by atoms with Gasteiger partial charge in [-0.2, -0.15) is 0 Å². The van der Waals surface area contributed by atoms with E-state index in [1.54, 1.807) is 0 Å². The molecule has 0 aliphatic heterocycles. The Kier molecular flexibility index (Phi) is 11.0. The zero-order valence-corrected chi connectivity index (χ0v) is 28.9. The van der Waals surface area contributed by atoms with Crippen molar-refractivity contribution in [2.75, 3.05) is 13.2 Å². The summed E-state index contributed by atoms with van der Waals surface area (Å²) < 4.78 is 7.54. The van der Waals surface area contributed by atoms with Crippen molar-refractivity contribution < 1.29 is 9.53 Å². The van der Waals surface area contributed by atoms with Crippen LogP contribution >= 0.6 is 0 Å². The van der Waals surface area contributed by atoms with Crippen molar-refractivity contribution in [1.29, 1.82) is 0 Å². The smallest absolute Gasteiger partial charge is 0.261 e. The highest BCUT2D eigenvalue weighted by atomic mass is 28.4. The normalized spacial score (nSPS) is 26.5. The van der Waals surface area contributed by atoms with E-state index in [2.05, 4.69) is 127 Å². The second-order valence-electron chi connectivity index (χ2n) is 15.0. The molecular formula is C40H56O2Si. The van der Waals surface area contributed by atoms with Gasteiger partial charge in [0.05, 0.1) is 6.61 Å². The van der Waals surface area contributed by atoms with Gasteiger partial charge >= 0.3 is 0 Å². The molecule has 1 saturated carbocycles. The SMILES string of the molecule is C#CCC[C@@H]1C(/C(=C\C[C@H]2[C@@H](C(C)C)CC[C@]2(C)CO)CO[Si](c2ccccc2)(c2ccccc2)C(C)(C)C)=CC[C@@H]1C. The van der Waals surface area contributed by atoms with E-state index in [1.807, 2.05) is 0 Å². The fourth-order valence-corrected chi connectivity index (χ4v) is 12.8. The summed E-state index contributed by atoms with van der Waals surface area (Å²) in [6, 6.07) is 21.9. The van der Waals surface area contributed by atoms with Gasteiger partial charge in [0, 0.05) is 13.0 Å². The van der Waals surface area contributed by atoms with E-state index in [0.717, 1.165) is 32.1 Å². The molecule has 1 N–H and O–H groups in total. The molecule has 2 aromatic carbocycles. The van der Waals surface area contributed by atoms with Gasteiger partial charge in [-0.15, -0.1) is 12.3 Å². The van der Waals surface area contributed by atoms with Crippen molar-refractivity contribution >= 4 is 18.7 Å². The van der Waals surface area contributed by atoms with E-state index in [4.69, 9.17) is 10.8 Å². The average Bonchev–Trinajstić information content (AvgIpc) is 3.53. The Morgan fingerprint density at radius 3 is 2.21 bits per heavy atom. The van der Waals surface area contributed by atoms with E-state index < -0.39 is 8.32 Å². The third-order valence-electron chi connectivity index (χ3n) is 10.9. The zero-order chi connectivity index (χ0) is 31.3. The molecule has 2 aliphatic rings. The number of hydrogen-bond acceptors (Lipinski definition) is 2. The van der Waals surface area contributed by atoms with Crippen LogP contribution in [0.3, 0.4) is 0 Å². The number of rotatable bonds is 12. The zero-order valence-electron chi connectivity index (χ0n) is 27.9. The van der Waals surface area contributed by atoms with Crippen molar-refractivity contribution in [3.63, 3.8) is 0 Å². The fraction of sp³-hybridized carbons (Fsp3) is 0.550. The molecular weight excluding hydrogens is 541 g/mol. The molecule has 1 fully saturated rings. The van der Waals surface area contributed by atoms with E-state index in [1.165, 1.54) is 27.9 Å². The van der Waals surface area contributed by atoms with Gasteiger partial charge < -0.3 is 9.53 Å². The van der Waals surface area contributed by atoms with E-state index in [0.29, 0.717) is 36.2 Å². The predicted octanol–water partition coefficient (Wildman–Crippen LogP) is 8.56. The largest absolute Gasteiger partial charge is 0.403 e. The minimum atomic E-state index is -2.69. The molecule has 2 nitrogen and oxygen atoms in total. The topological polar surface area (TPSA) is 29.5 Å². The summed E-state index contributed by atoms with van der Waals surface area (Å²) in [6.45, 7) is 17.3. The Labute approximate surface area is 264 Å². The molecule has 0 radical (unpaired) electrons. The van der Waals surface area contributed by atoms with E-state index >= 15 is 0 Å². The molecule has 232 valence electrons. The van der Waals surface area contributed by atoms with Gasteiger partial charge in [0.15, 0.2) is 0 Å². The summed E-state index contributed by atoms with van der Waals surface area (Å²) in [5, 5.41) is 13.1. The minimum absolute atomic E-state index is 0.0321. The van der Waals surface area contributed by atoms with Crippen LogP contribution in [0.25, 0.3) is 0 Å². The standard InChI is InChI=1S/C40H56O2Si/c1-9-10-21-36-31(4)22-24-37(36)32(23-25-38-35(30(2)3)26-27-40(38,8)29-41)28-42-43(39(5,6)7,33-17-13-11-14-18-33)34-19-15-12-16-20-34/h1,11-20,23-24,30-31,35-36,38,41H,10,21-22,25-29H2,2-8H3/b32-23-/t31-,35+,36-,38-,40+/m0/s1. The maximum Gasteiger partial charge on any atom is 0.261 e. The number of aliphatic hydroxyl groups excluding tert-OH is 1. The quantitative estimate of drug-likeness (QED) is 0.196. The molecule has 3 heteroatoms. The third kappa shape index (κ3) is 6.98. The molecule has 2 aromatic rings. The lowest BCUT2D eigenvalue weighted by atomic mass is 9.72. The molecule has 43 heavy (non-hydrogen) atoms. The fourth-order valence-electron chi connectivity index (χ4n) is 8.31. The number of aliphatic hydroxyl groups is 1. The number of hydrogen-bond donors (Lipinski definition) is 1. The molecule has 0 aromatic heterocycles. The van der Waals surface area contributed by atoms with E-state index in [-0.39, 0.29) is 17.1 Å². The first-order chi connectivity index (χ1) is 20.5. The lowest BCUT2D eigenvalue weighted by Gasteiger charge is -2.43. The molecule has 0 spiro atoms. The molecule has 2 aliphatic carbocycles. The summed E-state index contributed by atoms with van der Waals surface area (Å²) in [7, 11) is -2.69. The first-order valence-corrected chi connectivity index (χ1v) is 18.6. The van der Waals surface area contributed by atoms with Gasteiger partial charge in [-0.25, -0.2) is 0 Å². The second kappa shape index (κ2) is 14.1. The Morgan fingerprint density at radius 2 is 1.70 bits per heavy atom. The summed E-state index contributed by atoms with van der Waals surface area (Å²) >= 11 is 0. The number of allylic oxidation sites excluding steroid dienone is 2. The van der Waals surface area contributed by atoms with Crippen LogP contribution in [0.2, 0.25) is 5.04 Å². The maximum atomic E-state index is 10.5. The van der Waals surface area contributed by atoms with Crippen LogP contribution in [0.5, 0.6) is 0 Å². The average molecular weight is 597 g/mol. The summed E-state index contributed by atoms with van der Waals surface area (Å²) in [5.74, 6) is 5.64. The Hall–Kier alpha value is -2.38. The number of benzene rings is 2. The van der Waals surface area contributed by atoms with E-state index in [9.17, 15) is 5.11 Å². The predicted molar refractivity (Wildman–Crippen MR) is 186 cm³/mol. The molecule has 4 rings (SSSR count). The minimum Gasteiger partial charge on any atom is -0.403 e. The molecule has 0 amide bonds. The Morgan fingerprint density at radius 1 is 1.09 bits per heavy atom. The summed E-state index contributed by atoms with van der Waals surface area (Å²) in [4.78, 5) is 0. The Balaban J connectivity index is 1.79. The second-order valence-corrected chi connectivity index (χ2v) is 19.3. The van der Waals surface area contributed by atoms with Gasteiger partial charge in [0.25, 0.3) is 8.32 Å². The highest BCUT2D eigenvalue weighted by molar-refractivity contribution is 6.99. The lowest BCUT2D eigenvalue weighted by Crippen LogP contribution is -2.66. The van der Waals surface area contributed by atoms with Crippen molar-refractivity contribution in [1.82, 2.24) is 0 Å². The monoisotopic (exact) mass is 596 g/mol. The summed E-state index contributed by atoms with van der Waals surface area (Å²) in [5.41, 5.74) is 2.76. The van der Waals surface area contributed by atoms with Crippen molar-refractivity contribution in [3.8, 4) is 12.3 Å². The lowest BCUT2D eigenvalue weighted by molar-refractivity contribution is 0.0807. The van der Waals surface area contributed by atoms with Gasteiger partial charge in [0.1, 0.15) is 0 Å². The van der Waals surface area contributed by atoms with Crippen LogP contribution < -0.4 is 10.4 Å². The van der Waals surface area contributed by atoms with Gasteiger partial charge in [0.2, 0.25) is 0 Å². The molecule has 0 heterocycles. The van der Waals surface area contributed by atoms with Gasteiger partial charge in [-0.1, -0.05) is 121 Å². The molecule has 5 atom stereocenters. The molecule has 0 bridgehead atoms. The maximum absolute atomic E-state index is 10.5.